The minimum absolute atomic E-state index is 0. The van der Waals surface area contributed by atoms with Gasteiger partial charge in [-0.1, -0.05) is 0 Å². The first-order valence-electron chi connectivity index (χ1n) is 1.32. The van der Waals surface area contributed by atoms with Crippen molar-refractivity contribution < 1.29 is 0 Å². The summed E-state index contributed by atoms with van der Waals surface area (Å²) in [5.41, 5.74) is 0. The van der Waals surface area contributed by atoms with Gasteiger partial charge in [0.2, 0.25) is 5.16 Å². The fourth-order valence-electron chi connectivity index (χ4n) is 0.154. The molecule has 1 rings (SSSR count). The summed E-state index contributed by atoms with van der Waals surface area (Å²) < 4.78 is 0. The Hall–Kier alpha value is 0.420. The molecular formula is CH3N4NaS. The fourth-order valence-corrected chi connectivity index (χ4v) is 0.239. The molecule has 1 heterocycles. The molecule has 1 aromatic heterocycles. The van der Waals surface area contributed by atoms with E-state index in [1.54, 1.807) is 0 Å². The molecule has 0 saturated heterocycles. The van der Waals surface area contributed by atoms with Crippen LogP contribution in [-0.4, -0.2) is 50.2 Å². The first kappa shape index (κ1) is 7.42. The molecule has 0 aromatic carbocycles. The summed E-state index contributed by atoms with van der Waals surface area (Å²) in [6.45, 7) is 0. The maximum absolute atomic E-state index is 3.74. The Morgan fingerprint density at radius 3 is 2.43 bits per heavy atom. The van der Waals surface area contributed by atoms with Crippen LogP contribution in [0.25, 0.3) is 0 Å². The third-order valence-electron chi connectivity index (χ3n) is 0.334. The van der Waals surface area contributed by atoms with Crippen LogP contribution in [0.15, 0.2) is 5.16 Å². The number of thiol groups is 1. The van der Waals surface area contributed by atoms with E-state index in [0.717, 1.165) is 0 Å². The molecule has 0 aliphatic rings. The third kappa shape index (κ3) is 2.28. The second-order valence-corrected chi connectivity index (χ2v) is 1.15. The Labute approximate surface area is 67.8 Å². The standard InChI is InChI=1S/CH2N4S.Na.H/c6-1-2-4-5-3-1;;/h(H2,2,3,4,5,6);;. The van der Waals surface area contributed by atoms with E-state index in [1.807, 2.05) is 0 Å². The summed E-state index contributed by atoms with van der Waals surface area (Å²) in [6, 6.07) is 0. The van der Waals surface area contributed by atoms with Gasteiger partial charge in [-0.05, 0) is 10.4 Å². The average molecular weight is 126 g/mol. The zero-order valence-electron chi connectivity index (χ0n) is 2.79. The van der Waals surface area contributed by atoms with Crippen molar-refractivity contribution in [2.75, 3.05) is 0 Å². The first-order chi connectivity index (χ1) is 2.89. The number of hydrogen-bond acceptors (Lipinski definition) is 4. The Morgan fingerprint density at radius 1 is 1.57 bits per heavy atom. The van der Waals surface area contributed by atoms with Gasteiger partial charge in [-0.2, -0.15) is 0 Å². The van der Waals surface area contributed by atoms with E-state index >= 15 is 0 Å². The number of tetrazole rings is 1. The van der Waals surface area contributed by atoms with Crippen molar-refractivity contribution in [2.45, 2.75) is 5.16 Å². The molecule has 34 valence electrons. The third-order valence-corrected chi connectivity index (χ3v) is 0.524. The zero-order valence-corrected chi connectivity index (χ0v) is 3.68. The van der Waals surface area contributed by atoms with Crippen LogP contribution in [0.5, 0.6) is 0 Å². The number of hydrogen-bond donors (Lipinski definition) is 2. The van der Waals surface area contributed by atoms with Crippen molar-refractivity contribution in [2.24, 2.45) is 0 Å². The Bertz CT molecular complexity index is 115. The van der Waals surface area contributed by atoms with Crippen molar-refractivity contribution >= 4 is 42.2 Å². The predicted molar refractivity (Wildman–Crippen MR) is 28.6 cm³/mol. The molecule has 0 unspecified atom stereocenters. The Morgan fingerprint density at radius 2 is 2.29 bits per heavy atom. The summed E-state index contributed by atoms with van der Waals surface area (Å²) in [6.07, 6.45) is 0. The molecule has 1 N–H and O–H groups in total. The van der Waals surface area contributed by atoms with Crippen molar-refractivity contribution in [3.63, 3.8) is 0 Å². The molecule has 0 saturated carbocycles. The molecule has 0 bridgehead atoms. The van der Waals surface area contributed by atoms with E-state index in [4.69, 9.17) is 0 Å². The van der Waals surface area contributed by atoms with E-state index in [1.165, 1.54) is 0 Å². The normalized spacial score (nSPS) is 7.57. The van der Waals surface area contributed by atoms with Gasteiger partial charge in [0.15, 0.2) is 0 Å². The summed E-state index contributed by atoms with van der Waals surface area (Å²) in [4.78, 5) is 0. The number of nitrogens with zero attached hydrogens (tertiary/aromatic N) is 3. The second-order valence-electron chi connectivity index (χ2n) is 0.725. The minimum atomic E-state index is 0. The molecule has 7 heavy (non-hydrogen) atoms. The van der Waals surface area contributed by atoms with Crippen molar-refractivity contribution in [3.05, 3.63) is 0 Å². The number of rotatable bonds is 0. The summed E-state index contributed by atoms with van der Waals surface area (Å²) in [5, 5.41) is 12.6. The molecule has 0 atom stereocenters. The molecule has 4 nitrogen and oxygen atoms in total. The van der Waals surface area contributed by atoms with Crippen molar-refractivity contribution in [1.82, 2.24) is 20.6 Å². The Balaban J connectivity index is 0.000000360. The molecule has 0 spiro atoms. The van der Waals surface area contributed by atoms with Crippen LogP contribution in [0.3, 0.4) is 0 Å². The molecule has 0 amide bonds. The van der Waals surface area contributed by atoms with Crippen molar-refractivity contribution in [3.8, 4) is 0 Å². The van der Waals surface area contributed by atoms with Gasteiger partial charge in [-0.25, -0.2) is 5.10 Å². The summed E-state index contributed by atoms with van der Waals surface area (Å²) in [7, 11) is 0. The zero-order chi connectivity index (χ0) is 4.41. The Kier molecular flexibility index (Phi) is 3.63. The summed E-state index contributed by atoms with van der Waals surface area (Å²) in [5.74, 6) is 0. The van der Waals surface area contributed by atoms with Gasteiger partial charge < -0.3 is 0 Å². The van der Waals surface area contributed by atoms with Crippen LogP contribution in [0, 0.1) is 0 Å². The van der Waals surface area contributed by atoms with E-state index < -0.39 is 0 Å². The van der Waals surface area contributed by atoms with Gasteiger partial charge in [-0.15, -0.1) is 17.7 Å². The van der Waals surface area contributed by atoms with Gasteiger partial charge in [-0.3, -0.25) is 0 Å². The molecule has 0 aliphatic carbocycles. The number of aromatic nitrogens is 4. The summed E-state index contributed by atoms with van der Waals surface area (Å²) >= 11 is 3.74. The van der Waals surface area contributed by atoms with Gasteiger partial charge in [0.25, 0.3) is 0 Å². The monoisotopic (exact) mass is 126 g/mol. The van der Waals surface area contributed by atoms with Crippen LogP contribution >= 0.6 is 12.6 Å². The number of nitrogens with one attached hydrogen (secondary N) is 1. The molecule has 0 fully saturated rings. The molecule has 0 radical (unpaired) electrons. The van der Waals surface area contributed by atoms with Crippen LogP contribution in [0.4, 0.5) is 0 Å². The van der Waals surface area contributed by atoms with E-state index in [-0.39, 0.29) is 29.6 Å². The van der Waals surface area contributed by atoms with Crippen LogP contribution in [0.1, 0.15) is 0 Å². The molecule has 1 aromatic rings. The maximum atomic E-state index is 3.74. The van der Waals surface area contributed by atoms with Gasteiger partial charge in [0.1, 0.15) is 0 Å². The van der Waals surface area contributed by atoms with Crippen LogP contribution < -0.4 is 0 Å². The number of H-pyrrole nitrogens is 1. The van der Waals surface area contributed by atoms with Crippen LogP contribution in [0.2, 0.25) is 0 Å². The average Bonchev–Trinajstić information content (AvgIpc) is 1.86. The van der Waals surface area contributed by atoms with Gasteiger partial charge >= 0.3 is 29.6 Å². The van der Waals surface area contributed by atoms with E-state index in [0.29, 0.717) is 5.16 Å². The van der Waals surface area contributed by atoms with Crippen molar-refractivity contribution in [1.29, 1.82) is 0 Å². The van der Waals surface area contributed by atoms with Gasteiger partial charge in [0, 0.05) is 0 Å². The SMILES string of the molecule is Sc1nnn[nH]1.[NaH]. The quantitative estimate of drug-likeness (QED) is 0.340. The number of aromatic amines is 1. The molecule has 0 aliphatic heterocycles. The topological polar surface area (TPSA) is 54.5 Å². The van der Waals surface area contributed by atoms with Crippen LogP contribution in [-0.2, 0) is 0 Å². The molecule has 6 heteroatoms. The first-order valence-corrected chi connectivity index (χ1v) is 1.77. The van der Waals surface area contributed by atoms with E-state index in [2.05, 4.69) is 33.3 Å². The second kappa shape index (κ2) is 3.43. The predicted octanol–water partition coefficient (Wildman–Crippen LogP) is -1.16. The van der Waals surface area contributed by atoms with E-state index in [9.17, 15) is 0 Å². The fraction of sp³-hybridized carbons (Fsp3) is 0. The molecular weight excluding hydrogens is 123 g/mol. The van der Waals surface area contributed by atoms with Gasteiger partial charge in [0.05, 0.1) is 0 Å².